The molecule has 0 amide bonds. The van der Waals surface area contributed by atoms with Gasteiger partial charge < -0.3 is 0 Å². The summed E-state index contributed by atoms with van der Waals surface area (Å²) in [6.07, 6.45) is 16.2. The van der Waals surface area contributed by atoms with E-state index in [1.807, 2.05) is 0 Å². The fourth-order valence-electron chi connectivity index (χ4n) is 6.42. The molecular weight excluding hydrogens is 300 g/mol. The average molecular weight is 328 g/mol. The molecule has 4 aliphatic carbocycles. The minimum atomic E-state index is 0.512. The van der Waals surface area contributed by atoms with Crippen LogP contribution in [0.3, 0.4) is 0 Å². The van der Waals surface area contributed by atoms with Gasteiger partial charge >= 0.3 is 0 Å². The second-order valence-corrected chi connectivity index (χ2v) is 9.40. The molecular formula is C25H28. The smallest absolute Gasteiger partial charge is 0.0136 e. The van der Waals surface area contributed by atoms with E-state index in [1.54, 1.807) is 44.5 Å². The van der Waals surface area contributed by atoms with Crippen LogP contribution in [0.25, 0.3) is 0 Å². The van der Waals surface area contributed by atoms with E-state index in [4.69, 9.17) is 0 Å². The summed E-state index contributed by atoms with van der Waals surface area (Å²) in [4.78, 5) is 0. The van der Waals surface area contributed by atoms with Gasteiger partial charge in [0.25, 0.3) is 0 Å². The molecule has 0 heterocycles. The van der Waals surface area contributed by atoms with Crippen LogP contribution in [0.1, 0.15) is 70.2 Å². The van der Waals surface area contributed by atoms with Crippen LogP contribution in [-0.4, -0.2) is 0 Å². The number of hydrogen-bond acceptors (Lipinski definition) is 0. The number of hydrogen-bond donors (Lipinski definition) is 0. The Morgan fingerprint density at radius 2 is 0.680 bits per heavy atom. The Labute approximate surface area is 151 Å². The van der Waals surface area contributed by atoms with Gasteiger partial charge in [-0.3, -0.25) is 0 Å². The van der Waals surface area contributed by atoms with E-state index < -0.39 is 0 Å². The second-order valence-electron chi connectivity index (χ2n) is 9.40. The van der Waals surface area contributed by atoms with Crippen LogP contribution >= 0.6 is 0 Å². The first-order valence-electron chi connectivity index (χ1n) is 10.6. The molecule has 0 atom stereocenters. The maximum Gasteiger partial charge on any atom is -0.0136 e. The van der Waals surface area contributed by atoms with E-state index in [0.717, 1.165) is 0 Å². The lowest BCUT2D eigenvalue weighted by Gasteiger charge is -2.21. The van der Waals surface area contributed by atoms with Crippen molar-refractivity contribution in [2.24, 2.45) is 5.41 Å². The predicted molar refractivity (Wildman–Crippen MR) is 103 cm³/mol. The average Bonchev–Trinajstić information content (AvgIpc) is 3.14. The van der Waals surface area contributed by atoms with Crippen molar-refractivity contribution in [3.8, 4) is 0 Å². The number of aryl methyl sites for hydroxylation is 4. The minimum absolute atomic E-state index is 0.512. The summed E-state index contributed by atoms with van der Waals surface area (Å²) in [5.74, 6) is 0. The predicted octanol–water partition coefficient (Wildman–Crippen LogP) is 5.33. The van der Waals surface area contributed by atoms with Crippen molar-refractivity contribution in [1.82, 2.24) is 0 Å². The zero-order valence-corrected chi connectivity index (χ0v) is 15.3. The lowest BCUT2D eigenvalue weighted by molar-refractivity contribution is 0.326. The van der Waals surface area contributed by atoms with Crippen molar-refractivity contribution >= 4 is 0 Å². The van der Waals surface area contributed by atoms with Crippen LogP contribution in [0.15, 0.2) is 24.3 Å². The Bertz CT molecular complexity index is 723. The zero-order valence-electron chi connectivity index (χ0n) is 15.3. The summed E-state index contributed by atoms with van der Waals surface area (Å²) < 4.78 is 0. The third kappa shape index (κ3) is 2.26. The van der Waals surface area contributed by atoms with Gasteiger partial charge in [-0.05, 0) is 127 Å². The highest BCUT2D eigenvalue weighted by atomic mass is 14.5. The molecule has 2 aromatic carbocycles. The van der Waals surface area contributed by atoms with Gasteiger partial charge in [-0.1, -0.05) is 24.3 Å². The maximum atomic E-state index is 2.60. The monoisotopic (exact) mass is 328 g/mol. The summed E-state index contributed by atoms with van der Waals surface area (Å²) in [5, 5.41) is 0. The van der Waals surface area contributed by atoms with Crippen molar-refractivity contribution in [2.75, 3.05) is 0 Å². The van der Waals surface area contributed by atoms with E-state index in [0.29, 0.717) is 5.41 Å². The Balaban J connectivity index is 1.34. The third-order valence-corrected chi connectivity index (χ3v) is 7.59. The van der Waals surface area contributed by atoms with Gasteiger partial charge in [0.15, 0.2) is 0 Å². The number of fused-ring (bicyclic) bond motifs is 4. The molecule has 1 spiro atoms. The van der Waals surface area contributed by atoms with Gasteiger partial charge in [-0.2, -0.15) is 0 Å². The van der Waals surface area contributed by atoms with Crippen LogP contribution in [0, 0.1) is 5.41 Å². The van der Waals surface area contributed by atoms with Crippen molar-refractivity contribution in [3.05, 3.63) is 68.8 Å². The van der Waals surface area contributed by atoms with E-state index in [9.17, 15) is 0 Å². The molecule has 0 radical (unpaired) electrons. The highest BCUT2D eigenvalue weighted by Crippen LogP contribution is 2.49. The molecule has 0 saturated heterocycles. The molecule has 4 aliphatic rings. The molecule has 0 bridgehead atoms. The molecule has 0 unspecified atom stereocenters. The molecule has 6 rings (SSSR count). The number of rotatable bonds is 0. The molecule has 0 aromatic heterocycles. The molecule has 2 aromatic rings. The molecule has 0 N–H and O–H groups in total. The lowest BCUT2D eigenvalue weighted by Crippen LogP contribution is -2.21. The second kappa shape index (κ2) is 5.22. The van der Waals surface area contributed by atoms with E-state index >= 15 is 0 Å². The SMILES string of the molecule is c1c2c(cc3c1CC1(C3)Cc3cc4c(cc3C1)CCCC4)CCCC2. The van der Waals surface area contributed by atoms with Gasteiger partial charge in [-0.15, -0.1) is 0 Å². The van der Waals surface area contributed by atoms with Gasteiger partial charge in [0.1, 0.15) is 0 Å². The summed E-state index contributed by atoms with van der Waals surface area (Å²) in [5.41, 5.74) is 14.0. The Morgan fingerprint density at radius 1 is 0.400 bits per heavy atom. The van der Waals surface area contributed by atoms with Crippen molar-refractivity contribution < 1.29 is 0 Å². The summed E-state index contributed by atoms with van der Waals surface area (Å²) in [6.45, 7) is 0. The minimum Gasteiger partial charge on any atom is -0.0553 e. The van der Waals surface area contributed by atoms with Crippen LogP contribution in [-0.2, 0) is 51.4 Å². The lowest BCUT2D eigenvalue weighted by atomic mass is 9.82. The van der Waals surface area contributed by atoms with Crippen molar-refractivity contribution in [2.45, 2.75) is 77.0 Å². The molecule has 25 heavy (non-hydrogen) atoms. The summed E-state index contributed by atoms with van der Waals surface area (Å²) >= 11 is 0. The Morgan fingerprint density at radius 3 is 0.960 bits per heavy atom. The fraction of sp³-hybridized carbons (Fsp3) is 0.520. The molecule has 0 saturated carbocycles. The first kappa shape index (κ1) is 14.6. The highest BCUT2D eigenvalue weighted by molar-refractivity contribution is 5.49. The van der Waals surface area contributed by atoms with Gasteiger partial charge in [0, 0.05) is 0 Å². The van der Waals surface area contributed by atoms with Crippen LogP contribution in [0.5, 0.6) is 0 Å². The first-order chi connectivity index (χ1) is 12.3. The Hall–Kier alpha value is -1.56. The molecule has 0 aliphatic heterocycles. The normalized spacial score (nSPS) is 22.4. The largest absolute Gasteiger partial charge is 0.0553 e. The van der Waals surface area contributed by atoms with Crippen molar-refractivity contribution in [3.63, 3.8) is 0 Å². The quantitative estimate of drug-likeness (QED) is 0.613. The van der Waals surface area contributed by atoms with Crippen LogP contribution in [0.2, 0.25) is 0 Å². The summed E-state index contributed by atoms with van der Waals surface area (Å²) in [6, 6.07) is 10.4. The Kier molecular flexibility index (Phi) is 3.05. The van der Waals surface area contributed by atoms with Crippen LogP contribution < -0.4 is 0 Å². The van der Waals surface area contributed by atoms with E-state index in [1.165, 1.54) is 77.0 Å². The van der Waals surface area contributed by atoms with E-state index in [-0.39, 0.29) is 0 Å². The third-order valence-electron chi connectivity index (χ3n) is 7.59. The molecule has 128 valence electrons. The van der Waals surface area contributed by atoms with Gasteiger partial charge in [0.05, 0.1) is 0 Å². The highest BCUT2D eigenvalue weighted by Gasteiger charge is 2.42. The zero-order chi connectivity index (χ0) is 16.4. The standard InChI is InChI=1S/C25H28/c1-2-6-18-10-22-14-25(13-21(22)9-17(18)5-1)15-23-11-19-7-3-4-8-20(19)12-24(23)16-25/h9-12H,1-8,13-16H2. The molecule has 0 nitrogen and oxygen atoms in total. The van der Waals surface area contributed by atoms with E-state index in [2.05, 4.69) is 24.3 Å². The van der Waals surface area contributed by atoms with Crippen LogP contribution in [0.4, 0.5) is 0 Å². The number of benzene rings is 2. The van der Waals surface area contributed by atoms with Gasteiger partial charge in [0.2, 0.25) is 0 Å². The van der Waals surface area contributed by atoms with Gasteiger partial charge in [-0.25, -0.2) is 0 Å². The summed E-state index contributed by atoms with van der Waals surface area (Å²) in [7, 11) is 0. The molecule has 0 fully saturated rings. The maximum absolute atomic E-state index is 2.60. The van der Waals surface area contributed by atoms with Crippen molar-refractivity contribution in [1.29, 1.82) is 0 Å². The topological polar surface area (TPSA) is 0 Å². The fourth-order valence-corrected chi connectivity index (χ4v) is 6.42. The molecule has 0 heteroatoms. The first-order valence-corrected chi connectivity index (χ1v) is 10.6.